The average Bonchev–Trinajstić information content (AvgIpc) is 2.48. The van der Waals surface area contributed by atoms with Crippen molar-refractivity contribution in [1.29, 1.82) is 0 Å². The Labute approximate surface area is 101 Å². The monoisotopic (exact) mass is 238 g/mol. The normalized spacial score (nSPS) is 15.8. The molecule has 94 valence electrons. The molecule has 0 aromatic heterocycles. The van der Waals surface area contributed by atoms with E-state index in [1.165, 1.54) is 6.07 Å². The zero-order valence-electron chi connectivity index (χ0n) is 10.9. The maximum atomic E-state index is 13.4. The van der Waals surface area contributed by atoms with E-state index < -0.39 is 11.4 Å². The third-order valence-electron chi connectivity index (χ3n) is 2.79. The van der Waals surface area contributed by atoms with Crippen LogP contribution >= 0.6 is 0 Å². The molecule has 0 bridgehead atoms. The van der Waals surface area contributed by atoms with Crippen molar-refractivity contribution in [2.24, 2.45) is 0 Å². The second kappa shape index (κ2) is 4.35. The van der Waals surface area contributed by atoms with E-state index in [9.17, 15) is 9.18 Å². The molecule has 0 saturated heterocycles. The number of carbonyl (C=O) groups excluding carboxylic acids is 1. The summed E-state index contributed by atoms with van der Waals surface area (Å²) >= 11 is 0. The van der Waals surface area contributed by atoms with Crippen LogP contribution < -0.4 is 11.1 Å². The molecule has 1 aliphatic rings. The summed E-state index contributed by atoms with van der Waals surface area (Å²) in [6.45, 7) is 9.53. The van der Waals surface area contributed by atoms with Gasteiger partial charge in [0.25, 0.3) is 5.91 Å². The lowest BCUT2D eigenvalue weighted by Gasteiger charge is -2.21. The summed E-state index contributed by atoms with van der Waals surface area (Å²) in [4.78, 5) is 11.6. The van der Waals surface area contributed by atoms with Crippen molar-refractivity contribution in [1.82, 2.24) is 5.32 Å². The van der Waals surface area contributed by atoms with E-state index >= 15 is 0 Å². The van der Waals surface area contributed by atoms with Crippen LogP contribution in [0.25, 0.3) is 0 Å². The second-order valence-electron chi connectivity index (χ2n) is 4.42. The summed E-state index contributed by atoms with van der Waals surface area (Å²) in [6, 6.07) is 1.37. The van der Waals surface area contributed by atoms with Gasteiger partial charge in [-0.2, -0.15) is 0 Å². The minimum atomic E-state index is -0.529. The highest BCUT2D eigenvalue weighted by Gasteiger charge is 2.38. The first-order valence-electron chi connectivity index (χ1n) is 5.76. The highest BCUT2D eigenvalue weighted by molar-refractivity contribution is 6.04. The van der Waals surface area contributed by atoms with Gasteiger partial charge in [-0.25, -0.2) is 4.39 Å². The van der Waals surface area contributed by atoms with Crippen LogP contribution in [0.5, 0.6) is 0 Å². The Morgan fingerprint density at radius 2 is 1.88 bits per heavy atom. The number of nitrogens with two attached hydrogens (primary N) is 1. The maximum absolute atomic E-state index is 13.4. The van der Waals surface area contributed by atoms with Crippen LogP contribution in [0.2, 0.25) is 0 Å². The lowest BCUT2D eigenvalue weighted by Crippen LogP contribution is -2.33. The number of benzene rings is 1. The molecule has 0 atom stereocenters. The molecule has 0 aliphatic carbocycles. The van der Waals surface area contributed by atoms with Gasteiger partial charge in [0.2, 0.25) is 0 Å². The molecule has 0 saturated carbocycles. The number of aryl methyl sites for hydroxylation is 1. The van der Waals surface area contributed by atoms with Gasteiger partial charge >= 0.3 is 0 Å². The molecule has 1 amide bonds. The van der Waals surface area contributed by atoms with E-state index in [4.69, 9.17) is 5.73 Å². The van der Waals surface area contributed by atoms with Gasteiger partial charge in [-0.1, -0.05) is 13.8 Å². The number of anilines is 1. The lowest BCUT2D eigenvalue weighted by molar-refractivity contribution is 0.0940. The first kappa shape index (κ1) is 13.5. The van der Waals surface area contributed by atoms with Gasteiger partial charge in [0.1, 0.15) is 5.82 Å². The van der Waals surface area contributed by atoms with Crippen LogP contribution in [-0.4, -0.2) is 5.91 Å². The number of carbonyl (C=O) groups is 1. The molecule has 3 nitrogen and oxygen atoms in total. The predicted octanol–water partition coefficient (Wildman–Crippen LogP) is 2.72. The standard InChI is InChI=1S/C11H13FN2O.C2H6/c1-5-4-6(12)9(13)7-8(5)11(2,3)14-10(7)15;1-2/h4H,13H2,1-3H3,(H,14,15);1-2H3. The maximum Gasteiger partial charge on any atom is 0.254 e. The van der Waals surface area contributed by atoms with Crippen molar-refractivity contribution in [3.63, 3.8) is 0 Å². The molecule has 1 heterocycles. The molecular formula is C13H19FN2O. The van der Waals surface area contributed by atoms with E-state index in [-0.39, 0.29) is 17.2 Å². The number of rotatable bonds is 0. The number of hydrogen-bond donors (Lipinski definition) is 2. The Bertz CT molecular complexity index is 467. The quantitative estimate of drug-likeness (QED) is 0.683. The summed E-state index contributed by atoms with van der Waals surface area (Å²) in [5.74, 6) is -0.825. The number of nitrogens with one attached hydrogen (secondary N) is 1. The molecule has 1 aliphatic heterocycles. The average molecular weight is 238 g/mol. The molecule has 17 heavy (non-hydrogen) atoms. The Morgan fingerprint density at radius 1 is 1.35 bits per heavy atom. The van der Waals surface area contributed by atoms with Gasteiger partial charge in [-0.05, 0) is 38.0 Å². The van der Waals surface area contributed by atoms with Crippen molar-refractivity contribution in [2.45, 2.75) is 40.2 Å². The number of nitrogen functional groups attached to an aromatic ring is 1. The van der Waals surface area contributed by atoms with Crippen molar-refractivity contribution in [2.75, 3.05) is 5.73 Å². The van der Waals surface area contributed by atoms with Crippen LogP contribution in [0.4, 0.5) is 10.1 Å². The van der Waals surface area contributed by atoms with Crippen molar-refractivity contribution in [3.05, 3.63) is 28.6 Å². The fourth-order valence-electron chi connectivity index (χ4n) is 2.24. The Hall–Kier alpha value is -1.58. The topological polar surface area (TPSA) is 55.1 Å². The predicted molar refractivity (Wildman–Crippen MR) is 67.4 cm³/mol. The minimum absolute atomic E-state index is 0.0568. The fourth-order valence-corrected chi connectivity index (χ4v) is 2.24. The van der Waals surface area contributed by atoms with E-state index in [1.54, 1.807) is 6.92 Å². The molecule has 4 heteroatoms. The van der Waals surface area contributed by atoms with Gasteiger partial charge in [-0.15, -0.1) is 0 Å². The Morgan fingerprint density at radius 3 is 2.41 bits per heavy atom. The van der Waals surface area contributed by atoms with Crippen LogP contribution in [-0.2, 0) is 5.54 Å². The molecule has 3 N–H and O–H groups in total. The molecule has 0 fully saturated rings. The summed E-state index contributed by atoms with van der Waals surface area (Å²) in [6.07, 6.45) is 0. The highest BCUT2D eigenvalue weighted by atomic mass is 19.1. The smallest absolute Gasteiger partial charge is 0.254 e. The largest absolute Gasteiger partial charge is 0.396 e. The van der Waals surface area contributed by atoms with Gasteiger partial charge in [0, 0.05) is 0 Å². The van der Waals surface area contributed by atoms with Crippen molar-refractivity contribution < 1.29 is 9.18 Å². The zero-order chi connectivity index (χ0) is 13.4. The van der Waals surface area contributed by atoms with Crippen LogP contribution in [0.15, 0.2) is 6.07 Å². The van der Waals surface area contributed by atoms with Crippen molar-refractivity contribution >= 4 is 11.6 Å². The van der Waals surface area contributed by atoms with Gasteiger partial charge in [0.15, 0.2) is 0 Å². The summed E-state index contributed by atoms with van der Waals surface area (Å²) < 4.78 is 13.4. The van der Waals surface area contributed by atoms with E-state index in [0.717, 1.165) is 11.1 Å². The SMILES string of the molecule is CC.Cc1cc(F)c(N)c2c1C(C)(C)NC2=O. The zero-order valence-corrected chi connectivity index (χ0v) is 10.9. The molecule has 1 aromatic rings. The van der Waals surface area contributed by atoms with Gasteiger partial charge < -0.3 is 11.1 Å². The third-order valence-corrected chi connectivity index (χ3v) is 2.79. The third kappa shape index (κ3) is 1.99. The number of halogens is 1. The lowest BCUT2D eigenvalue weighted by atomic mass is 9.89. The van der Waals surface area contributed by atoms with E-state index in [2.05, 4.69) is 5.32 Å². The van der Waals surface area contributed by atoms with Crippen molar-refractivity contribution in [3.8, 4) is 0 Å². The molecule has 0 radical (unpaired) electrons. The summed E-state index contributed by atoms with van der Waals surface area (Å²) in [5, 5.41) is 2.78. The second-order valence-corrected chi connectivity index (χ2v) is 4.42. The molecule has 1 aromatic carbocycles. The summed E-state index contributed by atoms with van der Waals surface area (Å²) in [7, 11) is 0. The van der Waals surface area contributed by atoms with Gasteiger partial charge in [-0.3, -0.25) is 4.79 Å². The minimum Gasteiger partial charge on any atom is -0.396 e. The van der Waals surface area contributed by atoms with E-state index in [0.29, 0.717) is 0 Å². The van der Waals surface area contributed by atoms with Crippen LogP contribution in [0.3, 0.4) is 0 Å². The highest BCUT2D eigenvalue weighted by Crippen LogP contribution is 2.37. The van der Waals surface area contributed by atoms with Gasteiger partial charge in [0.05, 0.1) is 16.8 Å². The Balaban J connectivity index is 0.000000686. The number of fused-ring (bicyclic) bond motifs is 1. The molecule has 2 rings (SSSR count). The van der Waals surface area contributed by atoms with Crippen LogP contribution in [0, 0.1) is 12.7 Å². The summed E-state index contributed by atoms with van der Waals surface area (Å²) in [5.41, 5.74) is 6.88. The van der Waals surface area contributed by atoms with Crippen LogP contribution in [0.1, 0.15) is 49.2 Å². The Kier molecular flexibility index (Phi) is 3.45. The fraction of sp³-hybridized carbons (Fsp3) is 0.462. The number of hydrogen-bond acceptors (Lipinski definition) is 2. The molecule has 0 spiro atoms. The van der Waals surface area contributed by atoms with E-state index in [1.807, 2.05) is 27.7 Å². The first-order valence-corrected chi connectivity index (χ1v) is 5.76. The molecule has 0 unspecified atom stereocenters. The molecular weight excluding hydrogens is 219 g/mol. The first-order chi connectivity index (χ1) is 7.84. The number of amides is 1.